The van der Waals surface area contributed by atoms with Crippen molar-refractivity contribution in [3.05, 3.63) is 24.3 Å². The third-order valence-electron chi connectivity index (χ3n) is 0.495. The van der Waals surface area contributed by atoms with E-state index in [2.05, 4.69) is 6.08 Å². The molecule has 0 aromatic heterocycles. The molecule has 0 aromatic rings. The summed E-state index contributed by atoms with van der Waals surface area (Å²) >= 11 is 0. The minimum Gasteiger partial charge on any atom is -0.492 e. The Morgan fingerprint density at radius 2 is 2.22 bits per heavy atom. The molecular formula is C6H7AuO2. The minimum absolute atomic E-state index is 0. The summed E-state index contributed by atoms with van der Waals surface area (Å²) < 4.78 is 0. The molecule has 0 saturated heterocycles. The Bertz CT molecular complexity index is 127. The van der Waals surface area contributed by atoms with Gasteiger partial charge in [0.1, 0.15) is 0 Å². The van der Waals surface area contributed by atoms with E-state index in [0.29, 0.717) is 0 Å². The van der Waals surface area contributed by atoms with Gasteiger partial charge in [-0.1, -0.05) is 6.92 Å². The van der Waals surface area contributed by atoms with Crippen LogP contribution in [0.5, 0.6) is 0 Å². The fraction of sp³-hybridized carbons (Fsp3) is 0.167. The number of carboxylic acid groups (broad SMARTS) is 1. The topological polar surface area (TPSA) is 37.3 Å². The number of hydrogen-bond acceptors (Lipinski definition) is 1. The summed E-state index contributed by atoms with van der Waals surface area (Å²) in [7, 11) is 0. The summed E-state index contributed by atoms with van der Waals surface area (Å²) in [5, 5.41) is 7.96. The molecule has 54 valence electrons. The molecule has 2 nitrogen and oxygen atoms in total. The van der Waals surface area contributed by atoms with Gasteiger partial charge >= 0.3 is 22.4 Å². The summed E-state index contributed by atoms with van der Waals surface area (Å²) in [4.78, 5) is 9.70. The first-order valence-corrected chi connectivity index (χ1v) is 2.21. The monoisotopic (exact) mass is 308 g/mol. The molecule has 0 unspecified atom stereocenters. The van der Waals surface area contributed by atoms with Gasteiger partial charge in [0.05, 0.1) is 0 Å². The molecular weight excluding hydrogens is 301 g/mol. The molecule has 0 fully saturated rings. The quantitative estimate of drug-likeness (QED) is 0.358. The Balaban J connectivity index is 0. The smallest absolute Gasteiger partial charge is 0.492 e. The van der Waals surface area contributed by atoms with Crippen LogP contribution in [0.2, 0.25) is 0 Å². The molecule has 0 saturated carbocycles. The van der Waals surface area contributed by atoms with Gasteiger partial charge in [-0.25, -0.2) is 12.2 Å². The molecule has 0 aliphatic rings. The van der Waals surface area contributed by atoms with Crippen LogP contribution in [0.3, 0.4) is 0 Å². The van der Waals surface area contributed by atoms with Crippen LogP contribution in [0, 0.1) is 6.08 Å². The predicted octanol–water partition coefficient (Wildman–Crippen LogP) is 1.00. The standard InChI is InChI=1S/C6H7O2.Au/c1-2-3-4-5-6(7)8;/h2-4H,1H3,(H,7,8);/q-1;+1/b3-2+;. The normalized spacial score (nSPS) is 9.89. The largest absolute Gasteiger partial charge is 1.00 e. The van der Waals surface area contributed by atoms with E-state index in [9.17, 15) is 4.79 Å². The number of hydrogen-bond donors (Lipinski definition) is 1. The fourth-order valence-corrected chi connectivity index (χ4v) is 0.216. The van der Waals surface area contributed by atoms with E-state index < -0.39 is 5.97 Å². The predicted molar refractivity (Wildman–Crippen MR) is 30.3 cm³/mol. The molecule has 0 radical (unpaired) electrons. The minimum atomic E-state index is -1.04. The average Bonchev–Trinajstić information content (AvgIpc) is 1.66. The Labute approximate surface area is 69.8 Å². The second-order valence-electron chi connectivity index (χ2n) is 1.14. The van der Waals surface area contributed by atoms with Crippen LogP contribution >= 0.6 is 0 Å². The van der Waals surface area contributed by atoms with Gasteiger partial charge in [0.15, 0.2) is 0 Å². The maximum absolute atomic E-state index is 9.70. The van der Waals surface area contributed by atoms with E-state index in [0.717, 1.165) is 0 Å². The summed E-state index contributed by atoms with van der Waals surface area (Å²) in [5.74, 6) is -1.04. The number of allylic oxidation sites excluding steroid dienone is 3. The second kappa shape index (κ2) is 7.69. The first-order valence-electron chi connectivity index (χ1n) is 2.21. The molecule has 0 rings (SSSR count). The first kappa shape index (κ1) is 11.5. The van der Waals surface area contributed by atoms with Crippen LogP contribution in [-0.4, -0.2) is 11.1 Å². The van der Waals surface area contributed by atoms with Crippen LogP contribution in [0.25, 0.3) is 0 Å². The van der Waals surface area contributed by atoms with Gasteiger partial charge in [0.2, 0.25) is 5.97 Å². The van der Waals surface area contributed by atoms with Gasteiger partial charge in [0.25, 0.3) is 0 Å². The van der Waals surface area contributed by atoms with Crippen LogP contribution < -0.4 is 0 Å². The van der Waals surface area contributed by atoms with Gasteiger partial charge in [-0.3, -0.25) is 4.79 Å². The van der Waals surface area contributed by atoms with Gasteiger partial charge in [-0.15, -0.1) is 0 Å². The van der Waals surface area contributed by atoms with Crippen molar-refractivity contribution in [3.8, 4) is 0 Å². The Hall–Kier alpha value is -0.310. The molecule has 1 N–H and O–H groups in total. The third kappa shape index (κ3) is 11.3. The molecule has 0 aromatic carbocycles. The zero-order valence-corrected chi connectivity index (χ0v) is 7.06. The second-order valence-corrected chi connectivity index (χ2v) is 1.14. The van der Waals surface area contributed by atoms with Crippen molar-refractivity contribution in [2.75, 3.05) is 0 Å². The zero-order chi connectivity index (χ0) is 6.41. The first-order chi connectivity index (χ1) is 3.77. The van der Waals surface area contributed by atoms with Crippen molar-refractivity contribution in [2.45, 2.75) is 6.92 Å². The van der Waals surface area contributed by atoms with Crippen LogP contribution in [-0.2, 0) is 27.2 Å². The van der Waals surface area contributed by atoms with Crippen molar-refractivity contribution in [3.63, 3.8) is 0 Å². The maximum Gasteiger partial charge on any atom is 1.00 e. The molecule has 0 heterocycles. The average molecular weight is 308 g/mol. The molecule has 0 bridgehead atoms. The van der Waals surface area contributed by atoms with Gasteiger partial charge in [-0.2, -0.15) is 12.2 Å². The van der Waals surface area contributed by atoms with Crippen LogP contribution in [0.4, 0.5) is 0 Å². The number of rotatable bonds is 2. The number of carbonyl (C=O) groups is 1. The van der Waals surface area contributed by atoms with E-state index in [1.807, 2.05) is 0 Å². The van der Waals surface area contributed by atoms with Gasteiger partial charge < -0.3 is 5.11 Å². The van der Waals surface area contributed by atoms with Crippen molar-refractivity contribution in [1.29, 1.82) is 0 Å². The van der Waals surface area contributed by atoms with Crippen molar-refractivity contribution in [1.82, 2.24) is 0 Å². The van der Waals surface area contributed by atoms with E-state index in [1.54, 1.807) is 19.1 Å². The fourth-order valence-electron chi connectivity index (χ4n) is 0.216. The third-order valence-corrected chi connectivity index (χ3v) is 0.495. The number of carboxylic acids is 1. The Kier molecular flexibility index (Phi) is 9.81. The SMILES string of the molecule is C/C=C/C=[C-]C(=O)O.[Au+]. The van der Waals surface area contributed by atoms with Crippen LogP contribution in [0.1, 0.15) is 6.92 Å². The summed E-state index contributed by atoms with van der Waals surface area (Å²) in [6.07, 6.45) is 6.74. The summed E-state index contributed by atoms with van der Waals surface area (Å²) in [5.41, 5.74) is 0. The van der Waals surface area contributed by atoms with E-state index in [-0.39, 0.29) is 22.4 Å². The molecule has 0 aliphatic carbocycles. The van der Waals surface area contributed by atoms with E-state index in [4.69, 9.17) is 5.11 Å². The van der Waals surface area contributed by atoms with Gasteiger partial charge in [0, 0.05) is 0 Å². The zero-order valence-electron chi connectivity index (χ0n) is 4.89. The molecule has 0 amide bonds. The molecule has 9 heavy (non-hydrogen) atoms. The van der Waals surface area contributed by atoms with E-state index in [1.165, 1.54) is 6.08 Å². The summed E-state index contributed by atoms with van der Waals surface area (Å²) in [6, 6.07) is 0. The summed E-state index contributed by atoms with van der Waals surface area (Å²) in [6.45, 7) is 1.81. The number of aliphatic carboxylic acids is 1. The Morgan fingerprint density at radius 3 is 2.56 bits per heavy atom. The molecule has 3 heteroatoms. The molecule has 0 spiro atoms. The van der Waals surface area contributed by atoms with Crippen molar-refractivity contribution >= 4 is 5.97 Å². The molecule has 0 aliphatic heterocycles. The van der Waals surface area contributed by atoms with E-state index >= 15 is 0 Å². The van der Waals surface area contributed by atoms with Crippen molar-refractivity contribution < 1.29 is 32.3 Å². The van der Waals surface area contributed by atoms with Gasteiger partial charge in [-0.05, 0) is 0 Å². The molecule has 0 atom stereocenters. The van der Waals surface area contributed by atoms with Crippen molar-refractivity contribution in [2.24, 2.45) is 0 Å². The maximum atomic E-state index is 9.70. The van der Waals surface area contributed by atoms with Crippen LogP contribution in [0.15, 0.2) is 18.2 Å². The Morgan fingerprint density at radius 1 is 1.67 bits per heavy atom.